The number of ether oxygens (including phenoxy) is 2. The van der Waals surface area contributed by atoms with Crippen LogP contribution in [0.3, 0.4) is 0 Å². The number of hydrogen-bond acceptors (Lipinski definition) is 3. The highest BCUT2D eigenvalue weighted by Gasteiger charge is 2.14. The van der Waals surface area contributed by atoms with Gasteiger partial charge in [-0.25, -0.2) is 0 Å². The number of amides is 1. The molecule has 0 N–H and O–H groups in total. The second kappa shape index (κ2) is 7.71. The number of rotatable bonds is 5. The van der Waals surface area contributed by atoms with Gasteiger partial charge < -0.3 is 14.4 Å². The van der Waals surface area contributed by atoms with Crippen molar-refractivity contribution >= 4 is 21.8 Å². The Morgan fingerprint density at radius 2 is 1.88 bits per heavy atom. The van der Waals surface area contributed by atoms with E-state index in [-0.39, 0.29) is 5.91 Å². The van der Waals surface area contributed by atoms with Gasteiger partial charge in [-0.3, -0.25) is 4.79 Å². The van der Waals surface area contributed by atoms with Gasteiger partial charge in [0, 0.05) is 24.5 Å². The van der Waals surface area contributed by atoms with Crippen LogP contribution in [0.4, 0.5) is 0 Å². The lowest BCUT2D eigenvalue weighted by Crippen LogP contribution is -2.26. The van der Waals surface area contributed by atoms with Crippen molar-refractivity contribution < 1.29 is 14.3 Å². The van der Waals surface area contributed by atoms with Gasteiger partial charge in [0.15, 0.2) is 11.5 Å². The number of nitrogens with zero attached hydrogens (tertiary/aromatic N) is 1. The second-order valence-electron chi connectivity index (χ2n) is 5.86. The molecule has 126 valence electrons. The van der Waals surface area contributed by atoms with Gasteiger partial charge >= 0.3 is 0 Å². The molecule has 0 radical (unpaired) electrons. The van der Waals surface area contributed by atoms with E-state index in [1.165, 1.54) is 0 Å². The molecule has 0 unspecified atom stereocenters. The van der Waals surface area contributed by atoms with Crippen molar-refractivity contribution in [1.29, 1.82) is 0 Å². The Morgan fingerprint density at radius 1 is 1.08 bits per heavy atom. The predicted octanol–water partition coefficient (Wildman–Crippen LogP) is 3.81. The van der Waals surface area contributed by atoms with Gasteiger partial charge in [-0.2, -0.15) is 0 Å². The molecule has 1 amide bonds. The van der Waals surface area contributed by atoms with Crippen LogP contribution in [-0.2, 0) is 17.8 Å². The van der Waals surface area contributed by atoms with Crippen LogP contribution in [0.2, 0.25) is 0 Å². The number of fused-ring (bicyclic) bond motifs is 1. The maximum atomic E-state index is 12.4. The molecule has 0 fully saturated rings. The number of halogens is 1. The first-order chi connectivity index (χ1) is 11.6. The van der Waals surface area contributed by atoms with E-state index in [1.807, 2.05) is 49.5 Å². The third-order valence-corrected chi connectivity index (χ3v) is 4.46. The SMILES string of the molecule is CN(Cc1ccc2c(c1)OCCO2)C(=O)CCc1cccc(Br)c1. The van der Waals surface area contributed by atoms with E-state index in [0.717, 1.165) is 33.5 Å². The summed E-state index contributed by atoms with van der Waals surface area (Å²) in [5.41, 5.74) is 2.20. The van der Waals surface area contributed by atoms with Crippen LogP contribution in [0.1, 0.15) is 17.5 Å². The summed E-state index contributed by atoms with van der Waals surface area (Å²) >= 11 is 3.45. The fraction of sp³-hybridized carbons (Fsp3) is 0.316. The van der Waals surface area contributed by atoms with Gasteiger partial charge in [-0.15, -0.1) is 0 Å². The van der Waals surface area contributed by atoms with Crippen molar-refractivity contribution in [3.05, 3.63) is 58.1 Å². The Bertz CT molecular complexity index is 732. The molecular formula is C19H20BrNO3. The van der Waals surface area contributed by atoms with Gasteiger partial charge in [-0.05, 0) is 41.8 Å². The van der Waals surface area contributed by atoms with Crippen LogP contribution < -0.4 is 9.47 Å². The van der Waals surface area contributed by atoms with Crippen LogP contribution in [0, 0.1) is 0 Å². The second-order valence-corrected chi connectivity index (χ2v) is 6.77. The number of benzene rings is 2. The van der Waals surface area contributed by atoms with Gasteiger partial charge in [-0.1, -0.05) is 34.1 Å². The monoisotopic (exact) mass is 389 g/mol. The number of hydrogen-bond donors (Lipinski definition) is 0. The lowest BCUT2D eigenvalue weighted by atomic mass is 10.1. The first kappa shape index (κ1) is 16.8. The zero-order valence-electron chi connectivity index (χ0n) is 13.6. The van der Waals surface area contributed by atoms with Gasteiger partial charge in [0.1, 0.15) is 13.2 Å². The van der Waals surface area contributed by atoms with Crippen molar-refractivity contribution in [3.8, 4) is 11.5 Å². The van der Waals surface area contributed by atoms with Gasteiger partial charge in [0.05, 0.1) is 0 Å². The molecule has 0 atom stereocenters. The average molecular weight is 390 g/mol. The van der Waals surface area contributed by atoms with Crippen molar-refractivity contribution in [2.45, 2.75) is 19.4 Å². The molecular weight excluding hydrogens is 370 g/mol. The van der Waals surface area contributed by atoms with Crippen LogP contribution >= 0.6 is 15.9 Å². The molecule has 2 aromatic carbocycles. The first-order valence-corrected chi connectivity index (χ1v) is 8.78. The normalized spacial score (nSPS) is 12.8. The average Bonchev–Trinajstić information content (AvgIpc) is 2.59. The zero-order valence-corrected chi connectivity index (χ0v) is 15.2. The molecule has 0 aliphatic carbocycles. The number of carbonyl (C=O) groups is 1. The zero-order chi connectivity index (χ0) is 16.9. The molecule has 0 bridgehead atoms. The lowest BCUT2D eigenvalue weighted by molar-refractivity contribution is -0.130. The van der Waals surface area contributed by atoms with Crippen molar-refractivity contribution in [2.24, 2.45) is 0 Å². The van der Waals surface area contributed by atoms with Crippen molar-refractivity contribution in [3.63, 3.8) is 0 Å². The molecule has 0 spiro atoms. The Hall–Kier alpha value is -2.01. The van der Waals surface area contributed by atoms with E-state index >= 15 is 0 Å². The van der Waals surface area contributed by atoms with E-state index in [0.29, 0.717) is 26.2 Å². The minimum atomic E-state index is 0.130. The minimum absolute atomic E-state index is 0.130. The van der Waals surface area contributed by atoms with E-state index in [1.54, 1.807) is 4.90 Å². The quantitative estimate of drug-likeness (QED) is 0.780. The lowest BCUT2D eigenvalue weighted by Gasteiger charge is -2.21. The molecule has 1 aliphatic rings. The molecule has 0 saturated heterocycles. The van der Waals surface area contributed by atoms with E-state index < -0.39 is 0 Å². The molecule has 1 heterocycles. The highest BCUT2D eigenvalue weighted by molar-refractivity contribution is 9.10. The Kier molecular flexibility index (Phi) is 5.41. The van der Waals surface area contributed by atoms with Crippen molar-refractivity contribution in [2.75, 3.05) is 20.3 Å². The molecule has 1 aliphatic heterocycles. The van der Waals surface area contributed by atoms with E-state index in [9.17, 15) is 4.79 Å². The summed E-state index contributed by atoms with van der Waals surface area (Å²) in [6, 6.07) is 13.9. The highest BCUT2D eigenvalue weighted by atomic mass is 79.9. The standard InChI is InChI=1S/C19H20BrNO3/c1-21(19(22)8-6-14-3-2-4-16(20)11-14)13-15-5-7-17-18(12-15)24-10-9-23-17/h2-5,7,11-12H,6,8-10,13H2,1H3. The molecule has 0 aromatic heterocycles. The summed E-state index contributed by atoms with van der Waals surface area (Å²) in [5.74, 6) is 1.66. The summed E-state index contributed by atoms with van der Waals surface area (Å²) in [6.07, 6.45) is 1.24. The summed E-state index contributed by atoms with van der Waals surface area (Å²) in [5, 5.41) is 0. The number of carbonyl (C=O) groups excluding carboxylic acids is 1. The molecule has 24 heavy (non-hydrogen) atoms. The smallest absolute Gasteiger partial charge is 0.222 e. The number of aryl methyl sites for hydroxylation is 1. The van der Waals surface area contributed by atoms with Crippen LogP contribution in [-0.4, -0.2) is 31.1 Å². The summed E-state index contributed by atoms with van der Waals surface area (Å²) in [4.78, 5) is 14.1. The summed E-state index contributed by atoms with van der Waals surface area (Å²) < 4.78 is 12.1. The first-order valence-electron chi connectivity index (χ1n) is 7.99. The van der Waals surface area contributed by atoms with E-state index in [2.05, 4.69) is 15.9 Å². The molecule has 3 rings (SSSR count). The molecule has 4 nitrogen and oxygen atoms in total. The fourth-order valence-electron chi connectivity index (χ4n) is 2.68. The van der Waals surface area contributed by atoms with Gasteiger partial charge in [0.25, 0.3) is 0 Å². The fourth-order valence-corrected chi connectivity index (χ4v) is 3.13. The Balaban J connectivity index is 1.56. The molecule has 0 saturated carbocycles. The topological polar surface area (TPSA) is 38.8 Å². The maximum Gasteiger partial charge on any atom is 0.222 e. The highest BCUT2D eigenvalue weighted by Crippen LogP contribution is 2.31. The van der Waals surface area contributed by atoms with Crippen LogP contribution in [0.5, 0.6) is 11.5 Å². The Labute approximate surface area is 150 Å². The minimum Gasteiger partial charge on any atom is -0.486 e. The predicted molar refractivity (Wildman–Crippen MR) is 96.4 cm³/mol. The van der Waals surface area contributed by atoms with Crippen LogP contribution in [0.15, 0.2) is 46.9 Å². The van der Waals surface area contributed by atoms with Crippen LogP contribution in [0.25, 0.3) is 0 Å². The van der Waals surface area contributed by atoms with E-state index in [4.69, 9.17) is 9.47 Å². The van der Waals surface area contributed by atoms with Gasteiger partial charge in [0.2, 0.25) is 5.91 Å². The third-order valence-electron chi connectivity index (χ3n) is 3.97. The van der Waals surface area contributed by atoms with Crippen molar-refractivity contribution in [1.82, 2.24) is 4.90 Å². The largest absolute Gasteiger partial charge is 0.486 e. The summed E-state index contributed by atoms with van der Waals surface area (Å²) in [6.45, 7) is 1.71. The third kappa shape index (κ3) is 4.29. The Morgan fingerprint density at radius 3 is 2.67 bits per heavy atom. The summed E-state index contributed by atoms with van der Waals surface area (Å²) in [7, 11) is 1.83. The maximum absolute atomic E-state index is 12.4. The molecule has 5 heteroatoms. The molecule has 2 aromatic rings.